The molecule has 17 heteroatoms. The van der Waals surface area contributed by atoms with Crippen molar-refractivity contribution >= 4 is 80.3 Å². The van der Waals surface area contributed by atoms with Gasteiger partial charge in [-0.1, -0.05) is 28.1 Å². The number of aliphatic carboxylic acids is 2. The van der Waals surface area contributed by atoms with Gasteiger partial charge in [-0.2, -0.15) is 4.57 Å². The Labute approximate surface area is 238 Å². The Morgan fingerprint density at radius 3 is 2.90 bits per heavy atom. The van der Waals surface area contributed by atoms with Crippen LogP contribution in [0.5, 0.6) is 0 Å². The highest BCUT2D eigenvalue weighted by molar-refractivity contribution is 8.00. The van der Waals surface area contributed by atoms with Crippen molar-refractivity contribution in [3.63, 3.8) is 0 Å². The number of fused-ring (bicyclic) bond motifs is 2. The Kier molecular flexibility index (Phi) is 7.39. The molecule has 5 rings (SSSR count). The van der Waals surface area contributed by atoms with Crippen LogP contribution in [0.3, 0.4) is 0 Å². The highest BCUT2D eigenvalue weighted by atomic mass is 35.5. The molecule has 0 aliphatic carbocycles. The predicted octanol–water partition coefficient (Wildman–Crippen LogP) is -0.555. The molecule has 2 aliphatic heterocycles. The maximum absolute atomic E-state index is 13.2. The van der Waals surface area contributed by atoms with Crippen molar-refractivity contribution in [3.05, 3.63) is 51.9 Å². The average Bonchev–Trinajstić information content (AvgIpc) is 3.53. The van der Waals surface area contributed by atoms with E-state index in [1.807, 2.05) is 22.8 Å². The first kappa shape index (κ1) is 27.4. The van der Waals surface area contributed by atoms with E-state index in [4.69, 9.17) is 27.3 Å². The van der Waals surface area contributed by atoms with E-state index in [0.717, 1.165) is 27.3 Å². The molecule has 208 valence electrons. The van der Waals surface area contributed by atoms with Gasteiger partial charge in [-0.15, -0.1) is 11.8 Å². The van der Waals surface area contributed by atoms with Crippen LogP contribution in [-0.2, 0) is 30.6 Å². The number of carbonyl (C=O) groups excluding carboxylic acids is 3. The summed E-state index contributed by atoms with van der Waals surface area (Å²) in [6.07, 6.45) is 2.17. The molecule has 14 nitrogen and oxygen atoms in total. The normalized spacial score (nSPS) is 19.7. The molecule has 0 radical (unpaired) electrons. The van der Waals surface area contributed by atoms with Crippen LogP contribution in [0, 0.1) is 0 Å². The zero-order valence-corrected chi connectivity index (χ0v) is 22.9. The van der Waals surface area contributed by atoms with Crippen molar-refractivity contribution < 1.29 is 38.8 Å². The van der Waals surface area contributed by atoms with E-state index in [9.17, 15) is 24.3 Å². The minimum atomic E-state index is -1.51. The van der Waals surface area contributed by atoms with Crippen LogP contribution < -0.4 is 20.7 Å². The van der Waals surface area contributed by atoms with E-state index in [1.165, 1.54) is 18.7 Å². The number of aromatic nitrogens is 3. The minimum Gasteiger partial charge on any atom is -0.543 e. The van der Waals surface area contributed by atoms with Crippen molar-refractivity contribution in [2.24, 2.45) is 5.16 Å². The number of thioether (sulfide) groups is 1. The fourth-order valence-corrected chi connectivity index (χ4v) is 6.52. The first-order chi connectivity index (χ1) is 19.1. The molecule has 2 aliphatic rings. The predicted molar refractivity (Wildman–Crippen MR) is 142 cm³/mol. The zero-order valence-electron chi connectivity index (χ0n) is 20.5. The van der Waals surface area contributed by atoms with E-state index >= 15 is 0 Å². The number of pyridine rings is 1. The molecule has 0 spiro atoms. The summed E-state index contributed by atoms with van der Waals surface area (Å²) in [7, 11) is 0. The maximum Gasteiger partial charge on any atom is 0.347 e. The highest BCUT2D eigenvalue weighted by Gasteiger charge is 2.53. The van der Waals surface area contributed by atoms with Crippen molar-refractivity contribution in [1.29, 1.82) is 0 Å². The number of nitrogens with one attached hydrogen (secondary N) is 2. The van der Waals surface area contributed by atoms with Gasteiger partial charge in [-0.05, 0) is 13.0 Å². The third kappa shape index (κ3) is 4.96. The van der Waals surface area contributed by atoms with Crippen molar-refractivity contribution in [1.82, 2.24) is 20.2 Å². The van der Waals surface area contributed by atoms with Crippen molar-refractivity contribution in [2.45, 2.75) is 31.0 Å². The highest BCUT2D eigenvalue weighted by Crippen LogP contribution is 2.40. The summed E-state index contributed by atoms with van der Waals surface area (Å²) in [6.45, 7) is 1.41. The number of hydrogen-bond acceptors (Lipinski definition) is 11. The molecule has 40 heavy (non-hydrogen) atoms. The molecule has 1 fully saturated rings. The maximum atomic E-state index is 13.2. The van der Waals surface area contributed by atoms with Crippen LogP contribution in [0.15, 0.2) is 47.0 Å². The summed E-state index contributed by atoms with van der Waals surface area (Å²) in [5, 5.41) is 26.7. The fraction of sp³-hybridized carbons (Fsp3) is 0.261. The number of rotatable bonds is 9. The largest absolute Gasteiger partial charge is 0.543 e. The number of amides is 2. The lowest BCUT2D eigenvalue weighted by molar-refractivity contribution is -0.663. The van der Waals surface area contributed by atoms with Gasteiger partial charge < -0.3 is 35.9 Å². The van der Waals surface area contributed by atoms with Gasteiger partial charge in [0.05, 0.1) is 11.7 Å². The first-order valence-electron chi connectivity index (χ1n) is 11.6. The summed E-state index contributed by atoms with van der Waals surface area (Å²) in [4.78, 5) is 62.7. The molecule has 3 aromatic heterocycles. The lowest BCUT2D eigenvalue weighted by atomic mass is 10.0. The number of carbonyl (C=O) groups is 4. The summed E-state index contributed by atoms with van der Waals surface area (Å²) in [6, 6.07) is 4.44. The van der Waals surface area contributed by atoms with Crippen molar-refractivity contribution in [3.8, 4) is 0 Å². The molecular weight excluding hydrogens is 586 g/mol. The van der Waals surface area contributed by atoms with Crippen LogP contribution >= 0.6 is 34.7 Å². The lowest BCUT2D eigenvalue weighted by Crippen LogP contribution is -2.71. The number of hydrogen-bond donors (Lipinski definition) is 4. The monoisotopic (exact) mass is 605 g/mol. The van der Waals surface area contributed by atoms with Gasteiger partial charge >= 0.3 is 5.97 Å². The van der Waals surface area contributed by atoms with Crippen LogP contribution in [0.4, 0.5) is 5.13 Å². The van der Waals surface area contributed by atoms with E-state index < -0.39 is 47.0 Å². The quantitative estimate of drug-likeness (QED) is 0.106. The Morgan fingerprint density at radius 2 is 2.23 bits per heavy atom. The molecule has 3 aromatic rings. The molecule has 5 heterocycles. The van der Waals surface area contributed by atoms with Crippen LogP contribution in [0.2, 0.25) is 4.34 Å². The number of carboxylic acids is 2. The summed E-state index contributed by atoms with van der Waals surface area (Å²) >= 11 is 8.26. The number of nitrogen functional groups attached to an aromatic ring is 1. The van der Waals surface area contributed by atoms with Crippen LogP contribution in [0.1, 0.15) is 12.6 Å². The number of nitrogens with two attached hydrogens (primary N) is 1. The standard InChI is InChI=1S/C23H20ClN7O7S2/c1-9(21(34)35)38-29-14(13-17(24)40-23(25)28-13)18(32)27-15-19(33)31-16(22(36)37)10(8-39-20(15)31)7-30-6-2-3-11-12(30)4-5-26-11/h2-6,9,15,20H,7-8H2,1H3,(H5,25,27,28,32,34,35,36,37)/b29-14-/t9-,15+,20?/m0/s1. The molecule has 1 unspecified atom stereocenters. The van der Waals surface area contributed by atoms with Gasteiger partial charge in [0.15, 0.2) is 23.6 Å². The van der Waals surface area contributed by atoms with Crippen LogP contribution in [0.25, 0.3) is 11.0 Å². The first-order valence-corrected chi connectivity index (χ1v) is 13.8. The molecule has 0 saturated carbocycles. The van der Waals surface area contributed by atoms with E-state index in [2.05, 4.69) is 20.4 Å². The molecule has 5 N–H and O–H groups in total. The number of anilines is 1. The van der Waals surface area contributed by atoms with E-state index in [1.54, 1.807) is 12.4 Å². The number of nitrogens with zero attached hydrogens (tertiary/aromatic N) is 4. The van der Waals surface area contributed by atoms with E-state index in [-0.39, 0.29) is 33.2 Å². The average molecular weight is 606 g/mol. The number of oxime groups is 1. The van der Waals surface area contributed by atoms with Crippen molar-refractivity contribution in [2.75, 3.05) is 11.5 Å². The van der Waals surface area contributed by atoms with Gasteiger partial charge in [0.1, 0.15) is 27.0 Å². The molecule has 0 bridgehead atoms. The minimum absolute atomic E-state index is 0.00617. The lowest BCUT2D eigenvalue weighted by Gasteiger charge is -2.50. The molecule has 2 amide bonds. The third-order valence-electron chi connectivity index (χ3n) is 6.17. The second-order valence-electron chi connectivity index (χ2n) is 8.71. The number of thiazole rings is 1. The number of H-pyrrole nitrogens is 1. The van der Waals surface area contributed by atoms with Gasteiger partial charge in [0.25, 0.3) is 11.8 Å². The number of β-lactam (4-membered cyclic amide) rings is 1. The second-order valence-corrected chi connectivity index (χ2v) is 11.5. The topological polar surface area (TPSA) is 207 Å². The molecular formula is C23H20ClN7O7S2. The number of halogens is 1. The van der Waals surface area contributed by atoms with Gasteiger partial charge in [0.2, 0.25) is 11.6 Å². The Morgan fingerprint density at radius 1 is 1.45 bits per heavy atom. The Bertz CT molecular complexity index is 1620. The Hall–Kier alpha value is -4.15. The summed E-state index contributed by atoms with van der Waals surface area (Å²) < 4.78 is 1.85. The molecule has 1 saturated heterocycles. The second kappa shape index (κ2) is 10.8. The van der Waals surface area contributed by atoms with E-state index in [0.29, 0.717) is 5.57 Å². The van der Waals surface area contributed by atoms with Crippen LogP contribution in [-0.4, -0.2) is 72.7 Å². The third-order valence-corrected chi connectivity index (χ3v) is 8.60. The fourth-order valence-electron chi connectivity index (χ4n) is 4.26. The SMILES string of the molecule is C[C@H](O/N=C(\C(=O)N[C@@H]1C(=O)N2C(C(=O)[O-])=C(C[n+]3cccc4[nH]ccc43)CSC12)c1nc(N)sc1Cl)C(=O)O. The Balaban J connectivity index is 1.38. The van der Waals surface area contributed by atoms with Gasteiger partial charge in [-0.25, -0.2) is 9.78 Å². The number of carboxylic acid groups (broad SMARTS) is 2. The summed E-state index contributed by atoms with van der Waals surface area (Å²) in [5.41, 5.74) is 6.96. The van der Waals surface area contributed by atoms with Gasteiger partial charge in [0, 0.05) is 29.7 Å². The smallest absolute Gasteiger partial charge is 0.347 e. The zero-order chi connectivity index (χ0) is 28.7. The number of aromatic amines is 1. The molecule has 0 aromatic carbocycles. The van der Waals surface area contributed by atoms with Gasteiger partial charge in [-0.3, -0.25) is 14.5 Å². The molecule has 3 atom stereocenters. The summed E-state index contributed by atoms with van der Waals surface area (Å²) in [5.74, 6) is -4.20.